The van der Waals surface area contributed by atoms with Gasteiger partial charge >= 0.3 is 0 Å². The van der Waals surface area contributed by atoms with Gasteiger partial charge in [0.15, 0.2) is 18.3 Å². The van der Waals surface area contributed by atoms with Crippen molar-refractivity contribution in [2.45, 2.75) is 33.2 Å². The predicted octanol–water partition coefficient (Wildman–Crippen LogP) is 0.730. The molecule has 0 saturated heterocycles. The van der Waals surface area contributed by atoms with Gasteiger partial charge in [0.1, 0.15) is 0 Å². The fourth-order valence-electron chi connectivity index (χ4n) is 1.50. The van der Waals surface area contributed by atoms with Crippen LogP contribution in [-0.2, 0) is 4.79 Å². The molecule has 0 N–H and O–H groups in total. The summed E-state index contributed by atoms with van der Waals surface area (Å²) in [5, 5.41) is 0. The third kappa shape index (κ3) is 2.54. The van der Waals surface area contributed by atoms with Crippen LogP contribution in [0.5, 0.6) is 0 Å². The Morgan fingerprint density at radius 2 is 2.08 bits per heavy atom. The molecule has 3 nitrogen and oxygen atoms in total. The Kier molecular flexibility index (Phi) is 2.74. The van der Waals surface area contributed by atoms with Gasteiger partial charge in [0.05, 0.1) is 13.1 Å². The zero-order chi connectivity index (χ0) is 10.1. The molecular weight excluding hydrogens is 164 g/mol. The van der Waals surface area contributed by atoms with Crippen molar-refractivity contribution in [2.24, 2.45) is 0 Å². The molecule has 3 heteroatoms. The summed E-state index contributed by atoms with van der Waals surface area (Å²) in [6, 6.07) is 0. The van der Waals surface area contributed by atoms with Crippen molar-refractivity contribution >= 4 is 12.1 Å². The first-order chi connectivity index (χ1) is 5.91. The molecule has 0 aromatic carbocycles. The van der Waals surface area contributed by atoms with Crippen LogP contribution in [-0.4, -0.2) is 46.8 Å². The maximum atomic E-state index is 11.0. The van der Waals surface area contributed by atoms with Crippen LogP contribution in [0.4, 0.5) is 0 Å². The lowest BCUT2D eigenvalue weighted by Crippen LogP contribution is -2.47. The van der Waals surface area contributed by atoms with E-state index in [9.17, 15) is 4.79 Å². The maximum absolute atomic E-state index is 11.0. The van der Waals surface area contributed by atoms with Crippen molar-refractivity contribution in [1.82, 2.24) is 4.90 Å². The van der Waals surface area contributed by atoms with Crippen LogP contribution in [0.15, 0.2) is 0 Å². The first-order valence-electron chi connectivity index (χ1n) is 4.77. The van der Waals surface area contributed by atoms with E-state index in [1.165, 1.54) is 0 Å². The third-order valence-electron chi connectivity index (χ3n) is 2.44. The number of carbonyl (C=O) groups excluding carboxylic acids is 1. The average Bonchev–Trinajstić information content (AvgIpc) is 2.03. The van der Waals surface area contributed by atoms with Gasteiger partial charge in [-0.1, -0.05) is 0 Å². The minimum Gasteiger partial charge on any atom is -0.327 e. The van der Waals surface area contributed by atoms with Crippen molar-refractivity contribution in [3.63, 3.8) is 0 Å². The standard InChI is InChI=1S/C10H19N2O/c1-9(13)11-5-7-12(8-6-11)10(2,3)4/h7H,5-6,8H2,1-4H3/q+1. The highest BCUT2D eigenvalue weighted by Crippen LogP contribution is 2.08. The summed E-state index contributed by atoms with van der Waals surface area (Å²) in [6.45, 7) is 10.7. The first kappa shape index (κ1) is 10.2. The van der Waals surface area contributed by atoms with Gasteiger partial charge in [0.25, 0.3) is 0 Å². The van der Waals surface area contributed by atoms with Crippen molar-refractivity contribution < 1.29 is 9.37 Å². The molecule has 1 aliphatic heterocycles. The second-order valence-electron chi connectivity index (χ2n) is 4.51. The molecule has 1 heterocycles. The van der Waals surface area contributed by atoms with Crippen LogP contribution in [0.1, 0.15) is 27.7 Å². The van der Waals surface area contributed by atoms with E-state index in [0.717, 1.165) is 19.6 Å². The third-order valence-corrected chi connectivity index (χ3v) is 2.44. The summed E-state index contributed by atoms with van der Waals surface area (Å²) in [5.74, 6) is 0.171. The molecule has 0 spiro atoms. The zero-order valence-corrected chi connectivity index (χ0v) is 9.00. The van der Waals surface area contributed by atoms with Crippen molar-refractivity contribution in [3.05, 3.63) is 0 Å². The second kappa shape index (κ2) is 3.48. The van der Waals surface area contributed by atoms with Crippen molar-refractivity contribution in [1.29, 1.82) is 0 Å². The number of hydrogen-bond donors (Lipinski definition) is 0. The SMILES string of the molecule is CC(=O)N1CC=[N+](C(C)(C)C)CC1. The largest absolute Gasteiger partial charge is 0.327 e. The van der Waals surface area contributed by atoms with Crippen LogP contribution in [0.2, 0.25) is 0 Å². The molecule has 0 aromatic rings. The van der Waals surface area contributed by atoms with Gasteiger partial charge in [-0.3, -0.25) is 4.79 Å². The minimum absolute atomic E-state index is 0.171. The Hall–Kier alpha value is -0.860. The minimum atomic E-state index is 0.171. The molecular formula is C10H19N2O+. The van der Waals surface area contributed by atoms with Gasteiger partial charge in [-0.15, -0.1) is 0 Å². The molecule has 0 atom stereocenters. The van der Waals surface area contributed by atoms with E-state index in [1.54, 1.807) is 6.92 Å². The average molecular weight is 183 g/mol. The summed E-state index contributed by atoms with van der Waals surface area (Å²) < 4.78 is 2.30. The van der Waals surface area contributed by atoms with E-state index in [-0.39, 0.29) is 11.4 Å². The lowest BCUT2D eigenvalue weighted by molar-refractivity contribution is -0.596. The van der Waals surface area contributed by atoms with E-state index in [4.69, 9.17) is 0 Å². The molecule has 1 amide bonds. The van der Waals surface area contributed by atoms with Gasteiger partial charge in [-0.05, 0) is 20.8 Å². The fraction of sp³-hybridized carbons (Fsp3) is 0.800. The molecule has 0 saturated carbocycles. The summed E-state index contributed by atoms with van der Waals surface area (Å²) in [5.41, 5.74) is 0.183. The first-order valence-corrected chi connectivity index (χ1v) is 4.77. The zero-order valence-electron chi connectivity index (χ0n) is 9.00. The summed E-state index contributed by atoms with van der Waals surface area (Å²) >= 11 is 0. The van der Waals surface area contributed by atoms with Crippen LogP contribution in [0, 0.1) is 0 Å². The Labute approximate surface area is 80.0 Å². The van der Waals surface area contributed by atoms with E-state index in [1.807, 2.05) is 4.90 Å². The highest BCUT2D eigenvalue weighted by molar-refractivity contribution is 5.76. The molecule has 74 valence electrons. The van der Waals surface area contributed by atoms with Gasteiger partial charge in [-0.2, -0.15) is 0 Å². The molecule has 0 aliphatic carbocycles. The Bertz CT molecular complexity index is 238. The topological polar surface area (TPSA) is 23.3 Å². The van der Waals surface area contributed by atoms with Gasteiger partial charge < -0.3 is 4.90 Å². The van der Waals surface area contributed by atoms with E-state index >= 15 is 0 Å². The van der Waals surface area contributed by atoms with Crippen LogP contribution in [0.25, 0.3) is 0 Å². The number of nitrogens with zero attached hydrogens (tertiary/aromatic N) is 2. The monoisotopic (exact) mass is 183 g/mol. The predicted molar refractivity (Wildman–Crippen MR) is 53.2 cm³/mol. The lowest BCUT2D eigenvalue weighted by atomic mass is 10.1. The Morgan fingerprint density at radius 1 is 1.46 bits per heavy atom. The highest BCUT2D eigenvalue weighted by atomic mass is 16.2. The Balaban J connectivity index is 2.63. The molecule has 13 heavy (non-hydrogen) atoms. The van der Waals surface area contributed by atoms with E-state index in [0.29, 0.717) is 0 Å². The number of rotatable bonds is 0. The maximum Gasteiger partial charge on any atom is 0.220 e. The second-order valence-corrected chi connectivity index (χ2v) is 4.51. The van der Waals surface area contributed by atoms with Crippen LogP contribution in [0.3, 0.4) is 0 Å². The number of amides is 1. The highest BCUT2D eigenvalue weighted by Gasteiger charge is 2.27. The number of hydrogen-bond acceptors (Lipinski definition) is 1. The van der Waals surface area contributed by atoms with Crippen LogP contribution >= 0.6 is 0 Å². The molecule has 0 unspecified atom stereocenters. The summed E-state index contributed by atoms with van der Waals surface area (Å²) in [4.78, 5) is 12.9. The summed E-state index contributed by atoms with van der Waals surface area (Å²) in [6.07, 6.45) is 2.12. The molecule has 0 bridgehead atoms. The van der Waals surface area contributed by atoms with Crippen LogP contribution < -0.4 is 0 Å². The molecule has 0 radical (unpaired) electrons. The quantitative estimate of drug-likeness (QED) is 0.508. The van der Waals surface area contributed by atoms with Gasteiger partial charge in [0, 0.05) is 6.92 Å². The molecule has 1 aliphatic rings. The van der Waals surface area contributed by atoms with Crippen molar-refractivity contribution in [2.75, 3.05) is 19.6 Å². The smallest absolute Gasteiger partial charge is 0.220 e. The molecule has 0 fully saturated rings. The fourth-order valence-corrected chi connectivity index (χ4v) is 1.50. The van der Waals surface area contributed by atoms with E-state index < -0.39 is 0 Å². The summed E-state index contributed by atoms with van der Waals surface area (Å²) in [7, 11) is 0. The Morgan fingerprint density at radius 3 is 2.38 bits per heavy atom. The van der Waals surface area contributed by atoms with Gasteiger partial charge in [0.2, 0.25) is 5.91 Å². The van der Waals surface area contributed by atoms with E-state index in [2.05, 4.69) is 31.6 Å². The lowest BCUT2D eigenvalue weighted by Gasteiger charge is -2.26. The molecule has 1 rings (SSSR count). The number of carbonyl (C=O) groups is 1. The molecule has 0 aromatic heterocycles. The van der Waals surface area contributed by atoms with Gasteiger partial charge in [-0.25, -0.2) is 4.58 Å². The van der Waals surface area contributed by atoms with Crippen molar-refractivity contribution in [3.8, 4) is 0 Å². The normalized spacial score (nSPS) is 18.5.